The number of aromatic nitrogens is 1. The fraction of sp³-hybridized carbons (Fsp3) is 0. The molecule has 0 atom stereocenters. The largest absolute Gasteiger partial charge is 0.443 e. The van der Waals surface area contributed by atoms with Crippen LogP contribution in [-0.4, -0.2) is 17.1 Å². The van der Waals surface area contributed by atoms with E-state index in [1.807, 2.05) is 0 Å². The second-order valence-corrected chi connectivity index (χ2v) is 2.52. The number of hydrogen-bond donors (Lipinski definition) is 0. The van der Waals surface area contributed by atoms with Crippen LogP contribution in [-0.2, 0) is 4.79 Å². The number of hydrogen-bond acceptors (Lipinski definition) is 4. The third-order valence-corrected chi connectivity index (χ3v) is 1.72. The van der Waals surface area contributed by atoms with Crippen molar-refractivity contribution in [3.8, 4) is 0 Å². The Morgan fingerprint density at radius 1 is 1.46 bits per heavy atom. The number of carbonyl (C=O) groups is 2. The number of benzene rings is 1. The lowest BCUT2D eigenvalue weighted by atomic mass is 10.1. The Morgan fingerprint density at radius 2 is 2.31 bits per heavy atom. The van der Waals surface area contributed by atoms with E-state index in [1.54, 1.807) is 12.1 Å². The van der Waals surface area contributed by atoms with E-state index in [4.69, 9.17) is 4.42 Å². The molecular formula is C9H5NO3. The lowest BCUT2D eigenvalue weighted by Crippen LogP contribution is -1.98. The number of Topliss-reactive ketones (excluding diaryl/α,β-unsaturated/α-hetero) is 1. The molecule has 4 heteroatoms. The van der Waals surface area contributed by atoms with E-state index >= 15 is 0 Å². The molecule has 0 aliphatic carbocycles. The number of carbonyl (C=O) groups excluding carboxylic acids is 2. The zero-order valence-electron chi connectivity index (χ0n) is 6.56. The minimum atomic E-state index is -0.557. The van der Waals surface area contributed by atoms with Gasteiger partial charge in [-0.15, -0.1) is 0 Å². The molecule has 0 saturated heterocycles. The third-order valence-electron chi connectivity index (χ3n) is 1.72. The van der Waals surface area contributed by atoms with Gasteiger partial charge in [0.1, 0.15) is 5.52 Å². The van der Waals surface area contributed by atoms with Gasteiger partial charge in [0.15, 0.2) is 18.3 Å². The number of rotatable bonds is 2. The highest BCUT2D eigenvalue weighted by atomic mass is 16.3. The van der Waals surface area contributed by atoms with Crippen molar-refractivity contribution < 1.29 is 14.0 Å². The topological polar surface area (TPSA) is 60.2 Å². The van der Waals surface area contributed by atoms with Gasteiger partial charge in [-0.3, -0.25) is 9.59 Å². The zero-order chi connectivity index (χ0) is 9.26. The first-order chi connectivity index (χ1) is 6.31. The van der Waals surface area contributed by atoms with Gasteiger partial charge in [-0.05, 0) is 18.2 Å². The van der Waals surface area contributed by atoms with Crippen molar-refractivity contribution in [3.63, 3.8) is 0 Å². The summed E-state index contributed by atoms with van der Waals surface area (Å²) in [6, 6.07) is 4.68. The third kappa shape index (κ3) is 1.22. The Balaban J connectivity index is 2.60. The molecule has 0 radical (unpaired) electrons. The Labute approximate surface area is 73.2 Å². The molecule has 1 heterocycles. The van der Waals surface area contributed by atoms with Crippen LogP contribution in [0.5, 0.6) is 0 Å². The summed E-state index contributed by atoms with van der Waals surface area (Å²) in [5.74, 6) is -0.557. The van der Waals surface area contributed by atoms with Gasteiger partial charge < -0.3 is 4.42 Å². The van der Waals surface area contributed by atoms with E-state index in [0.717, 1.165) is 0 Å². The molecule has 1 aromatic heterocycles. The summed E-state index contributed by atoms with van der Waals surface area (Å²) in [6.07, 6.45) is 1.57. The minimum Gasteiger partial charge on any atom is -0.443 e. The SMILES string of the molecule is O=CC(=O)c1ccc2ncoc2c1. The summed E-state index contributed by atoms with van der Waals surface area (Å²) in [6.45, 7) is 0. The molecule has 0 aliphatic heterocycles. The van der Waals surface area contributed by atoms with E-state index in [2.05, 4.69) is 4.98 Å². The van der Waals surface area contributed by atoms with E-state index in [9.17, 15) is 9.59 Å². The maximum absolute atomic E-state index is 10.9. The molecule has 0 bridgehead atoms. The van der Waals surface area contributed by atoms with Crippen molar-refractivity contribution >= 4 is 23.2 Å². The van der Waals surface area contributed by atoms with Crippen molar-refractivity contribution in [3.05, 3.63) is 30.2 Å². The molecule has 64 valence electrons. The summed E-state index contributed by atoms with van der Waals surface area (Å²) < 4.78 is 4.97. The molecule has 4 nitrogen and oxygen atoms in total. The van der Waals surface area contributed by atoms with Crippen LogP contribution in [0.4, 0.5) is 0 Å². The van der Waals surface area contributed by atoms with E-state index in [0.29, 0.717) is 16.7 Å². The molecule has 2 aromatic rings. The highest BCUT2D eigenvalue weighted by molar-refractivity contribution is 6.33. The van der Waals surface area contributed by atoms with Gasteiger partial charge in [-0.25, -0.2) is 4.98 Å². The van der Waals surface area contributed by atoms with Gasteiger partial charge in [-0.2, -0.15) is 0 Å². The summed E-state index contributed by atoms with van der Waals surface area (Å²) in [7, 11) is 0. The Morgan fingerprint density at radius 3 is 3.08 bits per heavy atom. The Bertz CT molecular complexity index is 472. The fourth-order valence-corrected chi connectivity index (χ4v) is 1.08. The molecule has 2 rings (SSSR count). The summed E-state index contributed by atoms with van der Waals surface area (Å²) in [5.41, 5.74) is 1.49. The molecule has 0 fully saturated rings. The first kappa shape index (κ1) is 7.67. The number of ketones is 1. The van der Waals surface area contributed by atoms with Crippen LogP contribution in [0, 0.1) is 0 Å². The van der Waals surface area contributed by atoms with Crippen LogP contribution in [0.3, 0.4) is 0 Å². The number of fused-ring (bicyclic) bond motifs is 1. The van der Waals surface area contributed by atoms with Crippen LogP contribution < -0.4 is 0 Å². The summed E-state index contributed by atoms with van der Waals surface area (Å²) in [5, 5.41) is 0. The van der Waals surface area contributed by atoms with Crippen LogP contribution in [0.1, 0.15) is 10.4 Å². The molecule has 0 unspecified atom stereocenters. The van der Waals surface area contributed by atoms with E-state index in [-0.39, 0.29) is 6.29 Å². The number of aldehydes is 1. The fourth-order valence-electron chi connectivity index (χ4n) is 1.08. The van der Waals surface area contributed by atoms with Gasteiger partial charge >= 0.3 is 0 Å². The summed E-state index contributed by atoms with van der Waals surface area (Å²) >= 11 is 0. The molecule has 0 spiro atoms. The summed E-state index contributed by atoms with van der Waals surface area (Å²) in [4.78, 5) is 25.0. The number of nitrogens with zero attached hydrogens (tertiary/aromatic N) is 1. The molecule has 0 N–H and O–H groups in total. The van der Waals surface area contributed by atoms with Gasteiger partial charge in [-0.1, -0.05) is 0 Å². The van der Waals surface area contributed by atoms with Crippen molar-refractivity contribution in [2.75, 3.05) is 0 Å². The average Bonchev–Trinajstić information content (AvgIpc) is 2.63. The molecular weight excluding hydrogens is 170 g/mol. The predicted molar refractivity (Wildman–Crippen MR) is 44.4 cm³/mol. The maximum atomic E-state index is 10.9. The van der Waals surface area contributed by atoms with Crippen LogP contribution >= 0.6 is 0 Å². The van der Waals surface area contributed by atoms with Gasteiger partial charge in [0.25, 0.3) is 0 Å². The van der Waals surface area contributed by atoms with Crippen molar-refractivity contribution in [2.45, 2.75) is 0 Å². The molecule has 13 heavy (non-hydrogen) atoms. The van der Waals surface area contributed by atoms with Crippen molar-refractivity contribution in [1.82, 2.24) is 4.98 Å². The number of oxazole rings is 1. The van der Waals surface area contributed by atoms with Gasteiger partial charge in [0.05, 0.1) is 0 Å². The normalized spacial score (nSPS) is 10.2. The van der Waals surface area contributed by atoms with Crippen molar-refractivity contribution in [1.29, 1.82) is 0 Å². The van der Waals surface area contributed by atoms with Gasteiger partial charge in [0, 0.05) is 5.56 Å². The first-order valence-electron chi connectivity index (χ1n) is 3.64. The monoisotopic (exact) mass is 175 g/mol. The molecule has 1 aromatic carbocycles. The lowest BCUT2D eigenvalue weighted by Gasteiger charge is -1.91. The highest BCUT2D eigenvalue weighted by Crippen LogP contribution is 2.13. The lowest BCUT2D eigenvalue weighted by molar-refractivity contribution is -0.104. The van der Waals surface area contributed by atoms with E-state index in [1.165, 1.54) is 12.5 Å². The Hall–Kier alpha value is -1.97. The van der Waals surface area contributed by atoms with Crippen molar-refractivity contribution in [2.24, 2.45) is 0 Å². The van der Waals surface area contributed by atoms with Gasteiger partial charge in [0.2, 0.25) is 5.78 Å². The quantitative estimate of drug-likeness (QED) is 0.391. The molecule has 0 saturated carbocycles. The Kier molecular flexibility index (Phi) is 1.66. The predicted octanol–water partition coefficient (Wildman–Crippen LogP) is 1.21. The van der Waals surface area contributed by atoms with Crippen LogP contribution in [0.25, 0.3) is 11.1 Å². The zero-order valence-corrected chi connectivity index (χ0v) is 6.56. The maximum Gasteiger partial charge on any atom is 0.225 e. The average molecular weight is 175 g/mol. The standard InChI is InChI=1S/C9H5NO3/c11-4-8(12)6-1-2-7-9(3-6)13-5-10-7/h1-5H. The van der Waals surface area contributed by atoms with Crippen LogP contribution in [0.2, 0.25) is 0 Å². The second kappa shape index (κ2) is 2.82. The highest BCUT2D eigenvalue weighted by Gasteiger charge is 2.06. The first-order valence-corrected chi connectivity index (χ1v) is 3.64. The van der Waals surface area contributed by atoms with Crippen LogP contribution in [0.15, 0.2) is 29.0 Å². The molecule has 0 aliphatic rings. The smallest absolute Gasteiger partial charge is 0.225 e. The molecule has 0 amide bonds. The van der Waals surface area contributed by atoms with E-state index < -0.39 is 5.78 Å². The minimum absolute atomic E-state index is 0.275. The second-order valence-electron chi connectivity index (χ2n) is 2.52.